The van der Waals surface area contributed by atoms with Gasteiger partial charge in [-0.2, -0.15) is 0 Å². The van der Waals surface area contributed by atoms with Crippen LogP contribution >= 0.6 is 11.8 Å². The molecule has 82 valence electrons. The Labute approximate surface area is 99.1 Å². The average Bonchev–Trinajstić information content (AvgIpc) is 2.31. The molecule has 0 saturated heterocycles. The normalized spacial score (nSPS) is 12.4. The summed E-state index contributed by atoms with van der Waals surface area (Å²) in [6, 6.07) is 10.2. The Bertz CT molecular complexity index is 440. The third kappa shape index (κ3) is 2.81. The van der Waals surface area contributed by atoms with Crippen molar-refractivity contribution in [3.8, 4) is 0 Å². The monoisotopic (exact) mass is 231 g/mol. The van der Waals surface area contributed by atoms with E-state index in [0.717, 1.165) is 15.5 Å². The summed E-state index contributed by atoms with van der Waals surface area (Å²) in [5, 5.41) is 0.948. The maximum Gasteiger partial charge on any atom is 0.116 e. The highest BCUT2D eigenvalue weighted by Gasteiger charge is 2.01. The van der Waals surface area contributed by atoms with Crippen molar-refractivity contribution in [1.29, 1.82) is 0 Å². The molecule has 2 rings (SSSR count). The van der Waals surface area contributed by atoms with Crippen molar-refractivity contribution in [3.63, 3.8) is 0 Å². The summed E-state index contributed by atoms with van der Waals surface area (Å²) < 4.78 is 0. The molecule has 1 heterocycles. The van der Waals surface area contributed by atoms with Gasteiger partial charge in [0.15, 0.2) is 0 Å². The van der Waals surface area contributed by atoms with Crippen molar-refractivity contribution in [2.24, 2.45) is 5.73 Å². The summed E-state index contributed by atoms with van der Waals surface area (Å²) in [5.74, 6) is 0. The lowest BCUT2D eigenvalue weighted by Gasteiger charge is -2.06. The second-order valence-corrected chi connectivity index (χ2v) is 4.60. The summed E-state index contributed by atoms with van der Waals surface area (Å²) in [6.07, 6.45) is 3.30. The highest BCUT2D eigenvalue weighted by molar-refractivity contribution is 7.99. The maximum atomic E-state index is 5.79. The zero-order valence-corrected chi connectivity index (χ0v) is 9.82. The lowest BCUT2D eigenvalue weighted by molar-refractivity contribution is 0.817. The van der Waals surface area contributed by atoms with Gasteiger partial charge in [0.25, 0.3) is 0 Å². The molecule has 0 radical (unpaired) electrons. The van der Waals surface area contributed by atoms with Crippen LogP contribution in [0.25, 0.3) is 0 Å². The fourth-order valence-electron chi connectivity index (χ4n) is 1.30. The van der Waals surface area contributed by atoms with Crippen LogP contribution in [0.5, 0.6) is 0 Å². The summed E-state index contributed by atoms with van der Waals surface area (Å²) in [7, 11) is 0. The van der Waals surface area contributed by atoms with Crippen molar-refractivity contribution in [2.75, 3.05) is 0 Å². The highest BCUT2D eigenvalue weighted by atomic mass is 32.2. The lowest BCUT2D eigenvalue weighted by atomic mass is 10.1. The first-order valence-electron chi connectivity index (χ1n) is 5.05. The molecule has 1 aromatic heterocycles. The van der Waals surface area contributed by atoms with Crippen LogP contribution in [0.15, 0.2) is 52.8 Å². The van der Waals surface area contributed by atoms with E-state index in [-0.39, 0.29) is 6.04 Å². The van der Waals surface area contributed by atoms with Crippen LogP contribution in [-0.2, 0) is 0 Å². The van der Waals surface area contributed by atoms with E-state index in [2.05, 4.69) is 22.1 Å². The van der Waals surface area contributed by atoms with Gasteiger partial charge < -0.3 is 5.73 Å². The van der Waals surface area contributed by atoms with Crippen LogP contribution in [0.3, 0.4) is 0 Å². The summed E-state index contributed by atoms with van der Waals surface area (Å²) >= 11 is 1.62. The molecule has 0 fully saturated rings. The summed E-state index contributed by atoms with van der Waals surface area (Å²) in [4.78, 5) is 9.20. The van der Waals surface area contributed by atoms with E-state index in [4.69, 9.17) is 5.73 Å². The Balaban J connectivity index is 2.11. The van der Waals surface area contributed by atoms with E-state index >= 15 is 0 Å². The molecule has 0 aliphatic rings. The van der Waals surface area contributed by atoms with Gasteiger partial charge in [-0.3, -0.25) is 0 Å². The number of benzene rings is 1. The third-order valence-corrected chi connectivity index (χ3v) is 3.14. The number of hydrogen-bond acceptors (Lipinski definition) is 4. The smallest absolute Gasteiger partial charge is 0.116 e. The molecule has 0 spiro atoms. The molecule has 0 unspecified atom stereocenters. The van der Waals surface area contributed by atoms with Crippen LogP contribution in [0.2, 0.25) is 0 Å². The maximum absolute atomic E-state index is 5.79. The zero-order valence-electron chi connectivity index (χ0n) is 9.00. The van der Waals surface area contributed by atoms with Gasteiger partial charge in [-0.25, -0.2) is 9.97 Å². The Morgan fingerprint density at radius 1 is 1.19 bits per heavy atom. The van der Waals surface area contributed by atoms with E-state index in [1.807, 2.05) is 25.1 Å². The molecule has 16 heavy (non-hydrogen) atoms. The molecule has 0 saturated carbocycles. The van der Waals surface area contributed by atoms with E-state index in [0.29, 0.717) is 0 Å². The van der Waals surface area contributed by atoms with Gasteiger partial charge >= 0.3 is 0 Å². The number of rotatable bonds is 3. The largest absolute Gasteiger partial charge is 0.324 e. The van der Waals surface area contributed by atoms with E-state index in [1.54, 1.807) is 24.3 Å². The molecule has 1 atom stereocenters. The fraction of sp³-hybridized carbons (Fsp3) is 0.167. The van der Waals surface area contributed by atoms with Gasteiger partial charge in [0, 0.05) is 17.1 Å². The van der Waals surface area contributed by atoms with Crippen LogP contribution in [0, 0.1) is 0 Å². The number of nitrogens with two attached hydrogens (primary N) is 1. The fourth-order valence-corrected chi connectivity index (χ4v) is 2.04. The van der Waals surface area contributed by atoms with Gasteiger partial charge in [0.2, 0.25) is 0 Å². The molecule has 0 amide bonds. The minimum Gasteiger partial charge on any atom is -0.324 e. The number of nitrogens with zero attached hydrogens (tertiary/aromatic N) is 2. The summed E-state index contributed by atoms with van der Waals surface area (Å²) in [5.41, 5.74) is 6.93. The quantitative estimate of drug-likeness (QED) is 0.825. The topological polar surface area (TPSA) is 51.8 Å². The van der Waals surface area contributed by atoms with Crippen molar-refractivity contribution in [1.82, 2.24) is 9.97 Å². The Morgan fingerprint density at radius 2 is 1.94 bits per heavy atom. The third-order valence-electron chi connectivity index (χ3n) is 2.18. The molecule has 1 aromatic carbocycles. The minimum absolute atomic E-state index is 0.0816. The predicted molar refractivity (Wildman–Crippen MR) is 65.2 cm³/mol. The van der Waals surface area contributed by atoms with Crippen LogP contribution in [0.1, 0.15) is 18.5 Å². The molecule has 0 aliphatic heterocycles. The van der Waals surface area contributed by atoms with E-state index in [9.17, 15) is 0 Å². The predicted octanol–water partition coefficient (Wildman–Crippen LogP) is 2.65. The van der Waals surface area contributed by atoms with Gasteiger partial charge in [-0.1, -0.05) is 23.9 Å². The Morgan fingerprint density at radius 3 is 2.50 bits per heavy atom. The molecule has 2 N–H and O–H groups in total. The van der Waals surface area contributed by atoms with Crippen molar-refractivity contribution in [2.45, 2.75) is 22.9 Å². The molecule has 3 nitrogen and oxygen atoms in total. The molecule has 0 aliphatic carbocycles. The van der Waals surface area contributed by atoms with Gasteiger partial charge in [-0.15, -0.1) is 0 Å². The number of hydrogen-bond donors (Lipinski definition) is 1. The van der Waals surface area contributed by atoms with Gasteiger partial charge in [0.1, 0.15) is 11.4 Å². The summed E-state index contributed by atoms with van der Waals surface area (Å²) in [6.45, 7) is 1.98. The van der Waals surface area contributed by atoms with E-state index < -0.39 is 0 Å². The van der Waals surface area contributed by atoms with Crippen molar-refractivity contribution < 1.29 is 0 Å². The standard InChI is InChI=1S/C12H13N3S/c1-9(13)10-2-4-11(5-3-10)16-12-6-7-14-8-15-12/h2-9H,13H2,1H3/t9-/m1/s1. The second-order valence-electron chi connectivity index (χ2n) is 3.51. The van der Waals surface area contributed by atoms with Gasteiger partial charge in [0.05, 0.1) is 0 Å². The van der Waals surface area contributed by atoms with Crippen LogP contribution < -0.4 is 5.73 Å². The molecular weight excluding hydrogens is 218 g/mol. The van der Waals surface area contributed by atoms with Crippen LogP contribution in [0.4, 0.5) is 0 Å². The van der Waals surface area contributed by atoms with Crippen molar-refractivity contribution >= 4 is 11.8 Å². The first kappa shape index (κ1) is 11.1. The SMILES string of the molecule is C[C@@H](N)c1ccc(Sc2ccncn2)cc1. The molecule has 4 heteroatoms. The highest BCUT2D eigenvalue weighted by Crippen LogP contribution is 2.26. The van der Waals surface area contributed by atoms with Gasteiger partial charge in [-0.05, 0) is 30.7 Å². The Hall–Kier alpha value is -1.39. The average molecular weight is 231 g/mol. The lowest BCUT2D eigenvalue weighted by Crippen LogP contribution is -2.04. The first-order valence-corrected chi connectivity index (χ1v) is 5.87. The molecule has 2 aromatic rings. The molecule has 0 bridgehead atoms. The zero-order chi connectivity index (χ0) is 11.4. The molecular formula is C12H13N3S. The second kappa shape index (κ2) is 5.09. The van der Waals surface area contributed by atoms with Crippen molar-refractivity contribution in [3.05, 3.63) is 48.4 Å². The first-order chi connectivity index (χ1) is 7.75. The van der Waals surface area contributed by atoms with Crippen LogP contribution in [-0.4, -0.2) is 9.97 Å². The number of aromatic nitrogens is 2. The Kier molecular flexibility index (Phi) is 3.54. The minimum atomic E-state index is 0.0816. The van der Waals surface area contributed by atoms with E-state index in [1.165, 1.54) is 0 Å².